The van der Waals surface area contributed by atoms with Gasteiger partial charge in [0.15, 0.2) is 0 Å². The van der Waals surface area contributed by atoms with Crippen molar-refractivity contribution in [1.82, 2.24) is 4.40 Å². The van der Waals surface area contributed by atoms with Crippen LogP contribution in [-0.2, 0) is 0 Å². The zero-order chi connectivity index (χ0) is 15.0. The molecule has 23 heavy (non-hydrogen) atoms. The van der Waals surface area contributed by atoms with E-state index in [1.165, 1.54) is 38.4 Å². The second-order valence-corrected chi connectivity index (χ2v) is 6.59. The van der Waals surface area contributed by atoms with E-state index < -0.39 is 0 Å². The van der Waals surface area contributed by atoms with Gasteiger partial charge >= 0.3 is 0 Å². The molecule has 1 nitrogen and oxygen atoms in total. The smallest absolute Gasteiger partial charge is 0.0617 e. The maximum Gasteiger partial charge on any atom is 0.0617 e. The molecule has 2 aromatic carbocycles. The van der Waals surface area contributed by atoms with Crippen LogP contribution in [0.1, 0.15) is 17.2 Å². The van der Waals surface area contributed by atoms with Crippen LogP contribution in [0, 0.1) is 5.92 Å². The highest BCUT2D eigenvalue weighted by atomic mass is 14.9. The van der Waals surface area contributed by atoms with Gasteiger partial charge in [-0.2, -0.15) is 0 Å². The van der Waals surface area contributed by atoms with E-state index in [-0.39, 0.29) is 0 Å². The summed E-state index contributed by atoms with van der Waals surface area (Å²) < 4.78 is 2.47. The normalized spacial score (nSPS) is 22.3. The highest BCUT2D eigenvalue weighted by Crippen LogP contribution is 2.46. The predicted octanol–water partition coefficient (Wildman–Crippen LogP) is 5.54. The molecule has 4 aromatic rings. The minimum atomic E-state index is 0.462. The maximum atomic E-state index is 2.47. The van der Waals surface area contributed by atoms with Crippen LogP contribution in [0.5, 0.6) is 0 Å². The number of allylic oxidation sites excluding steroid dienone is 5. The van der Waals surface area contributed by atoms with Gasteiger partial charge in [-0.1, -0.05) is 66.8 Å². The number of rotatable bonds is 0. The third kappa shape index (κ3) is 1.30. The van der Waals surface area contributed by atoms with Crippen molar-refractivity contribution in [3.8, 4) is 0 Å². The molecule has 0 fully saturated rings. The van der Waals surface area contributed by atoms with E-state index in [9.17, 15) is 0 Å². The van der Waals surface area contributed by atoms with Gasteiger partial charge < -0.3 is 4.40 Å². The summed E-state index contributed by atoms with van der Waals surface area (Å²) in [5.74, 6) is 0.953. The molecule has 0 radical (unpaired) electrons. The molecule has 2 atom stereocenters. The highest BCUT2D eigenvalue weighted by Gasteiger charge is 2.30. The van der Waals surface area contributed by atoms with Gasteiger partial charge in [0, 0.05) is 28.0 Å². The van der Waals surface area contributed by atoms with Crippen LogP contribution < -0.4 is 0 Å². The van der Waals surface area contributed by atoms with Gasteiger partial charge in [-0.15, -0.1) is 0 Å². The molecular formula is C22H15N. The molecule has 0 saturated heterocycles. The molecule has 2 aromatic heterocycles. The van der Waals surface area contributed by atoms with Gasteiger partial charge in [-0.3, -0.25) is 0 Å². The molecule has 2 aliphatic rings. The topological polar surface area (TPSA) is 4.41 Å². The monoisotopic (exact) mass is 293 g/mol. The van der Waals surface area contributed by atoms with Crippen LogP contribution >= 0.6 is 0 Å². The standard InChI is InChI=1S/C22H15N/c1-2-7-15-14(6-1)12-13-20-21(15)18-10-5-9-17-16-8-3-4-11-19(16)23(20)22(17)18/h1-15H. The first-order valence-corrected chi connectivity index (χ1v) is 8.24. The Balaban J connectivity index is 1.88. The summed E-state index contributed by atoms with van der Waals surface area (Å²) in [5, 5.41) is 4.13. The molecule has 2 unspecified atom stereocenters. The van der Waals surface area contributed by atoms with E-state index in [0.717, 1.165) is 0 Å². The van der Waals surface area contributed by atoms with Gasteiger partial charge in [-0.05, 0) is 17.7 Å². The van der Waals surface area contributed by atoms with E-state index in [4.69, 9.17) is 0 Å². The first kappa shape index (κ1) is 11.7. The molecule has 0 amide bonds. The lowest BCUT2D eigenvalue weighted by atomic mass is 9.78. The van der Waals surface area contributed by atoms with E-state index in [1.54, 1.807) is 0 Å². The van der Waals surface area contributed by atoms with Crippen LogP contribution in [0.4, 0.5) is 0 Å². The zero-order valence-corrected chi connectivity index (χ0v) is 12.6. The van der Waals surface area contributed by atoms with Gasteiger partial charge in [0.1, 0.15) is 0 Å². The van der Waals surface area contributed by atoms with Crippen LogP contribution in [0.3, 0.4) is 0 Å². The van der Waals surface area contributed by atoms with E-state index >= 15 is 0 Å². The highest BCUT2D eigenvalue weighted by molar-refractivity contribution is 6.16. The lowest BCUT2D eigenvalue weighted by molar-refractivity contribution is 0.695. The van der Waals surface area contributed by atoms with Crippen LogP contribution in [0.25, 0.3) is 33.3 Å². The van der Waals surface area contributed by atoms with Crippen LogP contribution in [0.15, 0.2) is 72.8 Å². The fourth-order valence-corrected chi connectivity index (χ4v) is 4.56. The zero-order valence-electron chi connectivity index (χ0n) is 12.6. The van der Waals surface area contributed by atoms with Crippen molar-refractivity contribution < 1.29 is 0 Å². The SMILES string of the molecule is C1=CC2C=Cc3c(c4cccc5c6ccccc6n3c45)C2C=C1. The Morgan fingerprint density at radius 1 is 0.739 bits per heavy atom. The van der Waals surface area contributed by atoms with Crippen molar-refractivity contribution in [2.24, 2.45) is 5.92 Å². The first-order valence-electron chi connectivity index (χ1n) is 8.24. The Hall–Kier alpha value is -2.80. The van der Waals surface area contributed by atoms with Crippen molar-refractivity contribution in [2.45, 2.75) is 5.92 Å². The van der Waals surface area contributed by atoms with E-state index in [0.29, 0.717) is 11.8 Å². The summed E-state index contributed by atoms with van der Waals surface area (Å²) in [5.41, 5.74) is 5.55. The van der Waals surface area contributed by atoms with Crippen molar-refractivity contribution in [3.05, 3.63) is 84.1 Å². The maximum absolute atomic E-state index is 2.47. The van der Waals surface area contributed by atoms with Crippen molar-refractivity contribution in [1.29, 1.82) is 0 Å². The molecule has 108 valence electrons. The number of hydrogen-bond donors (Lipinski definition) is 0. The van der Waals surface area contributed by atoms with E-state index in [2.05, 4.69) is 83.3 Å². The molecule has 6 rings (SSSR count). The van der Waals surface area contributed by atoms with Crippen molar-refractivity contribution in [2.75, 3.05) is 0 Å². The minimum Gasteiger partial charge on any atom is -0.308 e. The fraction of sp³-hybridized carbons (Fsp3) is 0.0909. The number of nitrogens with zero attached hydrogens (tertiary/aromatic N) is 1. The largest absolute Gasteiger partial charge is 0.308 e. The summed E-state index contributed by atoms with van der Waals surface area (Å²) >= 11 is 0. The van der Waals surface area contributed by atoms with Gasteiger partial charge in [0.2, 0.25) is 0 Å². The van der Waals surface area contributed by atoms with Crippen LogP contribution in [-0.4, -0.2) is 4.40 Å². The molecule has 2 aliphatic carbocycles. The predicted molar refractivity (Wildman–Crippen MR) is 97.1 cm³/mol. The summed E-state index contributed by atoms with van der Waals surface area (Å²) in [6, 6.07) is 15.5. The molecule has 0 N–H and O–H groups in total. The quantitative estimate of drug-likeness (QED) is 0.401. The summed E-state index contributed by atoms with van der Waals surface area (Å²) in [4.78, 5) is 0. The van der Waals surface area contributed by atoms with Crippen molar-refractivity contribution >= 4 is 33.3 Å². The molecular weight excluding hydrogens is 278 g/mol. The Bertz CT molecular complexity index is 1170. The summed E-state index contributed by atoms with van der Waals surface area (Å²) in [6.45, 7) is 0. The third-order valence-corrected chi connectivity index (χ3v) is 5.49. The lowest BCUT2D eigenvalue weighted by Crippen LogP contribution is -2.13. The average molecular weight is 293 g/mol. The third-order valence-electron chi connectivity index (χ3n) is 5.49. The van der Waals surface area contributed by atoms with Gasteiger partial charge in [-0.25, -0.2) is 0 Å². The summed E-state index contributed by atoms with van der Waals surface area (Å²) in [6.07, 6.45) is 13.7. The number of para-hydroxylation sites is 2. The summed E-state index contributed by atoms with van der Waals surface area (Å²) in [7, 11) is 0. The Morgan fingerprint density at radius 2 is 1.57 bits per heavy atom. The molecule has 0 bridgehead atoms. The average Bonchev–Trinajstić information content (AvgIpc) is 3.13. The second-order valence-electron chi connectivity index (χ2n) is 6.59. The molecule has 1 heteroatoms. The number of benzene rings is 2. The van der Waals surface area contributed by atoms with Gasteiger partial charge in [0.25, 0.3) is 0 Å². The number of hydrogen-bond acceptors (Lipinski definition) is 0. The number of aromatic nitrogens is 1. The molecule has 0 saturated carbocycles. The minimum absolute atomic E-state index is 0.462. The Labute approximate surface area is 134 Å². The Morgan fingerprint density at radius 3 is 2.57 bits per heavy atom. The van der Waals surface area contributed by atoms with E-state index in [1.807, 2.05) is 0 Å². The first-order chi connectivity index (χ1) is 11.4. The molecule has 2 heterocycles. The number of fused-ring (bicyclic) bond motifs is 8. The van der Waals surface area contributed by atoms with Crippen molar-refractivity contribution in [3.63, 3.8) is 0 Å². The lowest BCUT2D eigenvalue weighted by Gasteiger charge is -2.26. The van der Waals surface area contributed by atoms with Crippen LogP contribution in [0.2, 0.25) is 0 Å². The Kier molecular flexibility index (Phi) is 2.01. The molecule has 0 spiro atoms. The second kappa shape index (κ2) is 3.94. The van der Waals surface area contributed by atoms with Gasteiger partial charge in [0.05, 0.1) is 16.7 Å². The molecule has 0 aliphatic heterocycles. The fourth-order valence-electron chi connectivity index (χ4n) is 4.56.